The molecule has 1 N–H and O–H groups in total. The van der Waals surface area contributed by atoms with Gasteiger partial charge in [-0.2, -0.15) is 0 Å². The Bertz CT molecular complexity index is 1210. The number of benzene rings is 3. The van der Waals surface area contributed by atoms with Crippen LogP contribution in [0.3, 0.4) is 0 Å². The lowest BCUT2D eigenvalue weighted by Crippen LogP contribution is -2.33. The molecule has 1 aliphatic rings. The number of anilines is 2. The Balaban J connectivity index is 1.78. The van der Waals surface area contributed by atoms with Gasteiger partial charge in [0.05, 0.1) is 18.0 Å². The van der Waals surface area contributed by atoms with Gasteiger partial charge < -0.3 is 10.1 Å². The molecule has 3 aromatic rings. The van der Waals surface area contributed by atoms with E-state index in [-0.39, 0.29) is 11.6 Å². The average Bonchev–Trinajstić information content (AvgIpc) is 3.00. The maximum absolute atomic E-state index is 13.5. The number of para-hydroxylation sites is 2. The van der Waals surface area contributed by atoms with Crippen molar-refractivity contribution < 1.29 is 14.3 Å². The molecule has 2 amide bonds. The van der Waals surface area contributed by atoms with Crippen LogP contribution in [0, 0.1) is 6.92 Å². The summed E-state index contributed by atoms with van der Waals surface area (Å²) < 4.78 is 5.69. The van der Waals surface area contributed by atoms with Gasteiger partial charge in [-0.1, -0.05) is 53.7 Å². The van der Waals surface area contributed by atoms with Gasteiger partial charge >= 0.3 is 0 Å². The summed E-state index contributed by atoms with van der Waals surface area (Å²) in [5.41, 5.74) is 2.07. The van der Waals surface area contributed by atoms with E-state index in [4.69, 9.17) is 16.3 Å². The van der Waals surface area contributed by atoms with Gasteiger partial charge in [0.2, 0.25) is 0 Å². The van der Waals surface area contributed by atoms with Crippen molar-refractivity contribution in [1.29, 1.82) is 0 Å². The van der Waals surface area contributed by atoms with E-state index >= 15 is 0 Å². The topological polar surface area (TPSA) is 58.6 Å². The number of ether oxygens (including phenoxy) is 1. The highest BCUT2D eigenvalue weighted by Gasteiger charge is 2.41. The van der Waals surface area contributed by atoms with Crippen molar-refractivity contribution >= 4 is 46.6 Å². The third-order valence-electron chi connectivity index (χ3n) is 4.85. The first-order valence-corrected chi connectivity index (χ1v) is 11.3. The number of hydrogen-bond donors (Lipinski definition) is 1. The molecule has 0 radical (unpaired) electrons. The first-order valence-electron chi connectivity index (χ1n) is 10.1. The minimum absolute atomic E-state index is 0.213. The molecule has 0 saturated heterocycles. The summed E-state index contributed by atoms with van der Waals surface area (Å²) in [5, 5.41) is 3.71. The van der Waals surface area contributed by atoms with Gasteiger partial charge in [0, 0.05) is 9.92 Å². The fourth-order valence-corrected chi connectivity index (χ4v) is 4.57. The average molecular weight is 465 g/mol. The first kappa shape index (κ1) is 22.0. The predicted molar refractivity (Wildman–Crippen MR) is 129 cm³/mol. The van der Waals surface area contributed by atoms with E-state index in [1.807, 2.05) is 68.4 Å². The molecule has 0 atom stereocenters. The maximum Gasteiger partial charge on any atom is 0.283 e. The molecule has 7 heteroatoms. The van der Waals surface area contributed by atoms with Crippen molar-refractivity contribution in [2.45, 2.75) is 18.7 Å². The molecule has 1 heterocycles. The van der Waals surface area contributed by atoms with Gasteiger partial charge in [-0.3, -0.25) is 9.59 Å². The van der Waals surface area contributed by atoms with Crippen LogP contribution in [0.25, 0.3) is 0 Å². The second kappa shape index (κ2) is 9.51. The number of aryl methyl sites for hydroxylation is 1. The molecule has 0 bridgehead atoms. The molecule has 162 valence electrons. The lowest BCUT2D eigenvalue weighted by molar-refractivity contribution is -0.120. The van der Waals surface area contributed by atoms with Crippen LogP contribution in [0.15, 0.2) is 88.3 Å². The zero-order chi connectivity index (χ0) is 22.7. The molecule has 0 spiro atoms. The lowest BCUT2D eigenvalue weighted by Gasteiger charge is -2.18. The summed E-state index contributed by atoms with van der Waals surface area (Å²) in [6.07, 6.45) is 0. The number of nitrogens with one attached hydrogen (secondary N) is 1. The highest BCUT2D eigenvalue weighted by Crippen LogP contribution is 2.40. The van der Waals surface area contributed by atoms with Gasteiger partial charge in [0.1, 0.15) is 16.4 Å². The van der Waals surface area contributed by atoms with Gasteiger partial charge in [-0.05, 0) is 61.9 Å². The maximum atomic E-state index is 13.5. The lowest BCUT2D eigenvalue weighted by atomic mass is 10.2. The van der Waals surface area contributed by atoms with Gasteiger partial charge in [-0.15, -0.1) is 0 Å². The van der Waals surface area contributed by atoms with Crippen molar-refractivity contribution in [2.24, 2.45) is 0 Å². The smallest absolute Gasteiger partial charge is 0.283 e. The summed E-state index contributed by atoms with van der Waals surface area (Å²) in [7, 11) is 0. The molecule has 32 heavy (non-hydrogen) atoms. The van der Waals surface area contributed by atoms with Crippen LogP contribution in [0.4, 0.5) is 11.4 Å². The van der Waals surface area contributed by atoms with Crippen molar-refractivity contribution in [2.75, 3.05) is 16.8 Å². The molecule has 0 fully saturated rings. The van der Waals surface area contributed by atoms with Crippen LogP contribution >= 0.6 is 23.4 Å². The third-order valence-corrected chi connectivity index (χ3v) is 6.18. The highest BCUT2D eigenvalue weighted by atomic mass is 35.5. The second-order valence-electron chi connectivity index (χ2n) is 7.05. The Kier molecular flexibility index (Phi) is 6.53. The van der Waals surface area contributed by atoms with Crippen molar-refractivity contribution in [1.82, 2.24) is 0 Å². The SMILES string of the molecule is CCOc1ccccc1NC1=C(Sc2ccccc2)C(=O)N(c2ccc(Cl)cc2C)C1=O. The fraction of sp³-hybridized carbons (Fsp3) is 0.120. The molecule has 5 nitrogen and oxygen atoms in total. The van der Waals surface area contributed by atoms with Crippen molar-refractivity contribution in [3.63, 3.8) is 0 Å². The van der Waals surface area contributed by atoms with E-state index in [0.717, 1.165) is 10.5 Å². The normalized spacial score (nSPS) is 13.7. The van der Waals surface area contributed by atoms with Gasteiger partial charge in [-0.25, -0.2) is 4.90 Å². The molecule has 0 saturated carbocycles. The molecule has 3 aromatic carbocycles. The van der Waals surface area contributed by atoms with E-state index in [0.29, 0.717) is 33.7 Å². The minimum atomic E-state index is -0.426. The van der Waals surface area contributed by atoms with E-state index in [1.165, 1.54) is 16.7 Å². The van der Waals surface area contributed by atoms with Crippen LogP contribution in [0.1, 0.15) is 12.5 Å². The van der Waals surface area contributed by atoms with Crippen LogP contribution in [0.2, 0.25) is 5.02 Å². The van der Waals surface area contributed by atoms with Gasteiger partial charge in [0.25, 0.3) is 11.8 Å². The van der Waals surface area contributed by atoms with Gasteiger partial charge in [0.15, 0.2) is 0 Å². The molecule has 0 aromatic heterocycles. The number of hydrogen-bond acceptors (Lipinski definition) is 5. The first-order chi connectivity index (χ1) is 15.5. The number of nitrogens with zero attached hydrogens (tertiary/aromatic N) is 1. The van der Waals surface area contributed by atoms with E-state index in [1.54, 1.807) is 18.2 Å². The number of halogens is 1. The number of amides is 2. The van der Waals surface area contributed by atoms with E-state index < -0.39 is 5.91 Å². The number of thioether (sulfide) groups is 1. The molecule has 4 rings (SSSR count). The minimum Gasteiger partial charge on any atom is -0.492 e. The zero-order valence-corrected chi connectivity index (χ0v) is 19.2. The largest absolute Gasteiger partial charge is 0.492 e. The zero-order valence-electron chi connectivity index (χ0n) is 17.6. The van der Waals surface area contributed by atoms with Crippen molar-refractivity contribution in [3.05, 3.63) is 94.0 Å². The van der Waals surface area contributed by atoms with Crippen molar-refractivity contribution in [3.8, 4) is 5.75 Å². The molecule has 0 aliphatic carbocycles. The Morgan fingerprint density at radius 1 is 0.969 bits per heavy atom. The Labute approximate surface area is 196 Å². The Morgan fingerprint density at radius 3 is 2.41 bits per heavy atom. The number of carbonyl (C=O) groups excluding carboxylic acids is 2. The number of rotatable bonds is 7. The molecular formula is C25H21ClN2O3S. The summed E-state index contributed by atoms with van der Waals surface area (Å²) in [6.45, 7) is 4.19. The molecular weight excluding hydrogens is 444 g/mol. The summed E-state index contributed by atoms with van der Waals surface area (Å²) in [4.78, 5) is 29.4. The summed E-state index contributed by atoms with van der Waals surface area (Å²) in [6, 6.07) is 21.9. The van der Waals surface area contributed by atoms with Crippen LogP contribution < -0.4 is 15.0 Å². The van der Waals surface area contributed by atoms with E-state index in [9.17, 15) is 9.59 Å². The number of carbonyl (C=O) groups is 2. The Morgan fingerprint density at radius 2 is 1.69 bits per heavy atom. The van der Waals surface area contributed by atoms with E-state index in [2.05, 4.69) is 5.32 Å². The second-order valence-corrected chi connectivity index (χ2v) is 8.57. The molecule has 1 aliphatic heterocycles. The van der Waals surface area contributed by atoms with Crippen LogP contribution in [-0.2, 0) is 9.59 Å². The van der Waals surface area contributed by atoms with Crippen LogP contribution in [0.5, 0.6) is 5.75 Å². The predicted octanol–water partition coefficient (Wildman–Crippen LogP) is 6.04. The summed E-state index contributed by atoms with van der Waals surface area (Å²) >= 11 is 7.34. The van der Waals surface area contributed by atoms with Crippen LogP contribution in [-0.4, -0.2) is 18.4 Å². The highest BCUT2D eigenvalue weighted by molar-refractivity contribution is 8.04. The Hall–Kier alpha value is -3.22. The standard InChI is InChI=1S/C25H21ClN2O3S/c1-3-31-21-12-8-7-11-19(21)27-22-23(32-18-9-5-4-6-10-18)25(30)28(24(22)29)20-14-13-17(26)15-16(20)2/h4-15,27H,3H2,1-2H3. The number of imide groups is 1. The summed E-state index contributed by atoms with van der Waals surface area (Å²) in [5.74, 6) is -0.205. The monoisotopic (exact) mass is 464 g/mol. The molecule has 0 unspecified atom stereocenters. The quantitative estimate of drug-likeness (QED) is 0.432. The fourth-order valence-electron chi connectivity index (χ4n) is 3.40. The third kappa shape index (κ3) is 4.38.